The topological polar surface area (TPSA) is 63.3 Å². The van der Waals surface area contributed by atoms with Crippen molar-refractivity contribution < 1.29 is 9.46 Å². The van der Waals surface area contributed by atoms with Crippen LogP contribution in [0.3, 0.4) is 0 Å². The molecule has 17 heavy (non-hydrogen) atoms. The number of rotatable bonds is 2. The molecule has 1 rings (SSSR count). The lowest BCUT2D eigenvalue weighted by Crippen LogP contribution is -2.06. The number of alkyl halides is 1. The Morgan fingerprint density at radius 3 is 2.06 bits per heavy atom. The summed E-state index contributed by atoms with van der Waals surface area (Å²) in [6.45, 7) is 5.78. The minimum absolute atomic E-state index is 0.333. The third kappa shape index (κ3) is 21.7. The lowest BCUT2D eigenvalue weighted by atomic mass is 10.4. The van der Waals surface area contributed by atoms with Crippen LogP contribution in [-0.2, 0) is 4.57 Å². The third-order valence-electron chi connectivity index (χ3n) is 0.927. The van der Waals surface area contributed by atoms with E-state index in [0.29, 0.717) is 6.04 Å². The molecule has 1 unspecified atom stereocenters. The van der Waals surface area contributed by atoms with E-state index < -0.39 is 7.23 Å². The first-order valence-electron chi connectivity index (χ1n) is 5.14. The van der Waals surface area contributed by atoms with E-state index in [4.69, 9.17) is 22.2 Å². The van der Waals surface area contributed by atoms with Gasteiger partial charge in [0.25, 0.3) is 0 Å². The minimum atomic E-state index is -2.11. The van der Waals surface area contributed by atoms with E-state index in [1.165, 1.54) is 0 Å². The molecule has 1 aromatic carbocycles. The van der Waals surface area contributed by atoms with Crippen LogP contribution in [0.25, 0.3) is 0 Å². The number of halogens is 1. The largest absolute Gasteiger partial charge is 0.588 e. The molecular weight excluding hydrogens is 277 g/mol. The van der Waals surface area contributed by atoms with Crippen LogP contribution in [0.2, 0.25) is 0 Å². The normalized spacial score (nSPS) is 9.71. The second-order valence-corrected chi connectivity index (χ2v) is 6.30. The average Bonchev–Trinajstić information content (AvgIpc) is 2.18. The zero-order chi connectivity index (χ0) is 13.7. The highest BCUT2D eigenvalue weighted by Crippen LogP contribution is 2.39. The summed E-state index contributed by atoms with van der Waals surface area (Å²) in [5.41, 5.74) is 5.11. The van der Waals surface area contributed by atoms with Crippen LogP contribution in [0, 0.1) is 0 Å². The average molecular weight is 297 g/mol. The fraction of sp³-hybridized carbons (Fsp3) is 0.455. The predicted octanol–water partition coefficient (Wildman–Crippen LogP) is 4.03. The summed E-state index contributed by atoms with van der Waals surface area (Å²) in [6, 6.07) is 9.47. The van der Waals surface area contributed by atoms with E-state index in [9.17, 15) is 4.57 Å². The first-order chi connectivity index (χ1) is 7.93. The van der Waals surface area contributed by atoms with E-state index in [2.05, 4.69) is 0 Å². The van der Waals surface area contributed by atoms with Crippen molar-refractivity contribution >= 4 is 30.2 Å². The molecule has 0 spiro atoms. The highest BCUT2D eigenvalue weighted by atomic mass is 35.5. The molecule has 0 aliphatic heterocycles. The summed E-state index contributed by atoms with van der Waals surface area (Å²) in [5.74, 6) is 0.722. The van der Waals surface area contributed by atoms with E-state index in [1.54, 1.807) is 12.1 Å². The monoisotopic (exact) mass is 296 g/mol. The lowest BCUT2D eigenvalue weighted by molar-refractivity contribution is 0.519. The Bertz CT molecular complexity index is 283. The molecule has 3 N–H and O–H groups in total. The fourth-order valence-corrected chi connectivity index (χ4v) is 1.94. The highest BCUT2D eigenvalue weighted by molar-refractivity contribution is 8.50. The predicted molar refractivity (Wildman–Crippen MR) is 77.8 cm³/mol. The molecule has 1 atom stereocenters. The van der Waals surface area contributed by atoms with Crippen molar-refractivity contribution in [3.63, 3.8) is 0 Å². The zero-order valence-electron chi connectivity index (χ0n) is 10.3. The molecule has 0 fully saturated rings. The number of benzene rings is 1. The Balaban J connectivity index is 0. The van der Waals surface area contributed by atoms with Crippen LogP contribution in [0.15, 0.2) is 35.2 Å². The maximum atomic E-state index is 10.3. The summed E-state index contributed by atoms with van der Waals surface area (Å²) >= 11 is 5.96. The molecule has 0 aliphatic rings. The van der Waals surface area contributed by atoms with Crippen LogP contribution in [0.5, 0.6) is 0 Å². The van der Waals surface area contributed by atoms with Gasteiger partial charge in [-0.2, -0.15) is 4.89 Å². The molecular formula is C11H20ClNO2PS+. The number of hydrogen-bond acceptors (Lipinski definition) is 3. The van der Waals surface area contributed by atoms with Gasteiger partial charge in [0.2, 0.25) is 0 Å². The fourth-order valence-electron chi connectivity index (χ4n) is 0.572. The van der Waals surface area contributed by atoms with Crippen molar-refractivity contribution in [2.75, 3.05) is 5.88 Å². The van der Waals surface area contributed by atoms with Crippen molar-refractivity contribution in [2.45, 2.75) is 31.7 Å². The van der Waals surface area contributed by atoms with Crippen molar-refractivity contribution in [3.8, 4) is 0 Å². The Morgan fingerprint density at radius 1 is 1.41 bits per heavy atom. The van der Waals surface area contributed by atoms with Gasteiger partial charge in [0.15, 0.2) is 11.4 Å². The zero-order valence-corrected chi connectivity index (χ0v) is 12.8. The van der Waals surface area contributed by atoms with E-state index in [-0.39, 0.29) is 0 Å². The molecule has 0 saturated carbocycles. The van der Waals surface area contributed by atoms with E-state index >= 15 is 0 Å². The van der Waals surface area contributed by atoms with Crippen molar-refractivity contribution in [2.24, 2.45) is 5.73 Å². The molecule has 0 aromatic heterocycles. The quantitative estimate of drug-likeness (QED) is 0.639. The first-order valence-corrected chi connectivity index (χ1v) is 8.31. The molecule has 6 heteroatoms. The maximum absolute atomic E-state index is 10.3. The molecule has 0 bridgehead atoms. The minimum Gasteiger partial charge on any atom is -0.328 e. The van der Waals surface area contributed by atoms with Crippen LogP contribution in [0.4, 0.5) is 0 Å². The summed E-state index contributed by atoms with van der Waals surface area (Å²) in [5, 5.41) is 0. The second kappa shape index (κ2) is 13.9. The Hall–Kier alpha value is -0.120. The lowest BCUT2D eigenvalue weighted by Gasteiger charge is -1.83. The molecule has 3 nitrogen and oxygen atoms in total. The van der Waals surface area contributed by atoms with Gasteiger partial charge in [-0.3, -0.25) is 0 Å². The van der Waals surface area contributed by atoms with Gasteiger partial charge in [0.1, 0.15) is 0 Å². The van der Waals surface area contributed by atoms with Gasteiger partial charge in [-0.05, 0) is 22.7 Å². The van der Waals surface area contributed by atoms with E-state index in [0.717, 1.165) is 22.2 Å². The van der Waals surface area contributed by atoms with Crippen molar-refractivity contribution in [1.29, 1.82) is 0 Å². The molecule has 0 aliphatic carbocycles. The van der Waals surface area contributed by atoms with Gasteiger partial charge in [-0.15, -0.1) is 11.6 Å². The van der Waals surface area contributed by atoms with Crippen LogP contribution < -0.4 is 5.73 Å². The smallest absolute Gasteiger partial charge is 0.328 e. The summed E-state index contributed by atoms with van der Waals surface area (Å²) < 4.78 is 10.3. The second-order valence-electron chi connectivity index (χ2n) is 3.15. The van der Waals surface area contributed by atoms with E-state index in [1.807, 2.05) is 39.0 Å². The third-order valence-corrected chi connectivity index (χ3v) is 2.67. The molecule has 0 saturated heterocycles. The molecule has 98 valence electrons. The standard InChI is InChI=1S/C6H5O2PS.C3H9N.C2H5Cl/c7-9(8)10-6-4-2-1-3-5-6;1-3(2)4;1-2-3/h1-5H;3H,4H2,1-2H3;2H2,1H3/p+1. The van der Waals surface area contributed by atoms with Gasteiger partial charge < -0.3 is 5.73 Å². The van der Waals surface area contributed by atoms with Gasteiger partial charge >= 0.3 is 7.23 Å². The van der Waals surface area contributed by atoms with Gasteiger partial charge in [0.05, 0.1) is 4.90 Å². The van der Waals surface area contributed by atoms with Gasteiger partial charge in [-0.25, -0.2) is 0 Å². The van der Waals surface area contributed by atoms with Gasteiger partial charge in [-0.1, -0.05) is 39.0 Å². The summed E-state index contributed by atoms with van der Waals surface area (Å²) in [6.07, 6.45) is 0. The highest BCUT2D eigenvalue weighted by Gasteiger charge is 2.13. The van der Waals surface area contributed by atoms with Crippen molar-refractivity contribution in [1.82, 2.24) is 0 Å². The van der Waals surface area contributed by atoms with Crippen molar-refractivity contribution in [3.05, 3.63) is 30.3 Å². The first kappa shape index (κ1) is 19.2. The number of nitrogens with two attached hydrogens (primary N) is 1. The van der Waals surface area contributed by atoms with Gasteiger partial charge in [0, 0.05) is 5.88 Å². The Labute approximate surface area is 113 Å². The maximum Gasteiger partial charge on any atom is 0.588 e. The van der Waals surface area contributed by atoms with Crippen LogP contribution in [0.1, 0.15) is 20.8 Å². The van der Waals surface area contributed by atoms with Crippen LogP contribution in [-0.4, -0.2) is 16.8 Å². The molecule has 1 aromatic rings. The summed E-state index contributed by atoms with van der Waals surface area (Å²) in [4.78, 5) is 9.30. The Morgan fingerprint density at radius 2 is 1.76 bits per heavy atom. The number of hydrogen-bond donors (Lipinski definition) is 2. The SMILES string of the molecule is CC(C)N.CCCl.O=[P+](O)Sc1ccccc1. The molecule has 0 radical (unpaired) electrons. The molecule has 0 amide bonds. The van der Waals surface area contributed by atoms with Crippen LogP contribution >= 0.6 is 30.2 Å². The summed E-state index contributed by atoms with van der Waals surface area (Å²) in [7, 11) is -2.11. The Kier molecular flexibility index (Phi) is 15.8. The molecule has 0 heterocycles.